The maximum atomic E-state index is 10.6. The Morgan fingerprint density at radius 2 is 2.07 bits per heavy atom. The van der Waals surface area contributed by atoms with Gasteiger partial charge >= 0.3 is 6.03 Å². The summed E-state index contributed by atoms with van der Waals surface area (Å²) in [5, 5.41) is 12.6. The molecule has 5 N–H and O–H groups in total. The lowest BCUT2D eigenvalue weighted by atomic mass is 10.2. The van der Waals surface area contributed by atoms with E-state index in [4.69, 9.17) is 10.9 Å². The molecule has 0 bridgehead atoms. The van der Waals surface area contributed by atoms with E-state index in [9.17, 15) is 4.79 Å². The van der Waals surface area contributed by atoms with Crippen molar-refractivity contribution in [3.05, 3.63) is 29.8 Å². The van der Waals surface area contributed by atoms with Gasteiger partial charge in [-0.3, -0.25) is 5.43 Å². The molecule has 6 heteroatoms. The van der Waals surface area contributed by atoms with Crippen molar-refractivity contribution in [3.8, 4) is 5.75 Å². The van der Waals surface area contributed by atoms with Gasteiger partial charge in [0.15, 0.2) is 0 Å². The van der Waals surface area contributed by atoms with Gasteiger partial charge in [0.25, 0.3) is 0 Å². The van der Waals surface area contributed by atoms with E-state index in [1.807, 2.05) is 5.43 Å². The molecule has 6 nitrogen and oxygen atoms in total. The number of phenols is 1. The number of carbonyl (C=O) groups is 1. The van der Waals surface area contributed by atoms with Crippen molar-refractivity contribution in [2.45, 2.75) is 0 Å². The molecule has 0 aliphatic heterocycles. The number of amides is 2. The summed E-state index contributed by atoms with van der Waals surface area (Å²) in [5.74, 6) is 4.98. The number of urea groups is 1. The minimum absolute atomic E-state index is 0.176. The van der Waals surface area contributed by atoms with Crippen LogP contribution in [0.2, 0.25) is 0 Å². The molecule has 1 rings (SSSR count). The molecule has 2 amide bonds. The number of aromatic hydroxyl groups is 1. The summed E-state index contributed by atoms with van der Waals surface area (Å²) in [4.78, 5) is 10.6. The molecule has 14 heavy (non-hydrogen) atoms. The Morgan fingerprint density at radius 3 is 2.64 bits per heavy atom. The van der Waals surface area contributed by atoms with Gasteiger partial charge in [-0.1, -0.05) is 0 Å². The summed E-state index contributed by atoms with van der Waals surface area (Å²) in [6.07, 6.45) is 1.43. The van der Waals surface area contributed by atoms with Gasteiger partial charge in [-0.05, 0) is 29.8 Å². The van der Waals surface area contributed by atoms with Crippen LogP contribution in [0.3, 0.4) is 0 Å². The predicted octanol–water partition coefficient (Wildman–Crippen LogP) is -0.101. The van der Waals surface area contributed by atoms with Gasteiger partial charge in [0.1, 0.15) is 5.75 Å². The molecule has 0 spiro atoms. The molecule has 0 radical (unpaired) electrons. The van der Waals surface area contributed by atoms with Crippen LogP contribution in [-0.2, 0) is 0 Å². The van der Waals surface area contributed by atoms with Crippen molar-refractivity contribution in [1.82, 2.24) is 10.9 Å². The Bertz CT molecular complexity index is 334. The standard InChI is InChI=1S/C8H10N4O2/c9-11-8(14)12-10-5-6-1-3-7(13)4-2-6/h1-5,13H,9H2,(H2,11,12,14)/b10-5-. The molecule has 0 saturated carbocycles. The van der Waals surface area contributed by atoms with Crippen LogP contribution in [-0.4, -0.2) is 17.4 Å². The summed E-state index contributed by atoms with van der Waals surface area (Å²) in [5.41, 5.74) is 4.73. The predicted molar refractivity (Wildman–Crippen MR) is 51.6 cm³/mol. The Hall–Kier alpha value is -2.08. The first kappa shape index (κ1) is 10.0. The van der Waals surface area contributed by atoms with Crippen LogP contribution >= 0.6 is 0 Å². The lowest BCUT2D eigenvalue weighted by Crippen LogP contribution is -2.37. The Balaban J connectivity index is 2.52. The number of hydrogen-bond acceptors (Lipinski definition) is 4. The van der Waals surface area contributed by atoms with Crippen LogP contribution < -0.4 is 16.7 Å². The number of carbonyl (C=O) groups excluding carboxylic acids is 1. The number of nitrogens with two attached hydrogens (primary N) is 1. The van der Waals surface area contributed by atoms with E-state index in [-0.39, 0.29) is 5.75 Å². The second kappa shape index (κ2) is 4.83. The maximum Gasteiger partial charge on any atom is 0.349 e. The van der Waals surface area contributed by atoms with E-state index in [1.165, 1.54) is 18.3 Å². The van der Waals surface area contributed by atoms with E-state index < -0.39 is 6.03 Å². The number of benzene rings is 1. The zero-order valence-electron chi connectivity index (χ0n) is 7.27. The van der Waals surface area contributed by atoms with Crippen LogP contribution in [0, 0.1) is 0 Å². The minimum atomic E-state index is -0.597. The van der Waals surface area contributed by atoms with E-state index >= 15 is 0 Å². The Kier molecular flexibility index (Phi) is 3.45. The highest BCUT2D eigenvalue weighted by molar-refractivity contribution is 5.81. The highest BCUT2D eigenvalue weighted by Crippen LogP contribution is 2.07. The molecular formula is C8H10N4O2. The fourth-order valence-electron chi connectivity index (χ4n) is 0.758. The summed E-state index contributed by atoms with van der Waals surface area (Å²) in [6, 6.07) is 5.75. The Labute approximate surface area is 80.4 Å². The first-order chi connectivity index (χ1) is 6.72. The monoisotopic (exact) mass is 194 g/mol. The lowest BCUT2D eigenvalue weighted by molar-refractivity contribution is 0.241. The second-order valence-corrected chi connectivity index (χ2v) is 2.43. The molecule has 0 aliphatic rings. The number of nitrogens with one attached hydrogen (secondary N) is 2. The quantitative estimate of drug-likeness (QED) is 0.229. The van der Waals surface area contributed by atoms with E-state index in [1.54, 1.807) is 12.1 Å². The summed E-state index contributed by atoms with van der Waals surface area (Å²) in [6.45, 7) is 0. The number of nitrogens with zero attached hydrogens (tertiary/aromatic N) is 1. The smallest absolute Gasteiger partial charge is 0.349 e. The van der Waals surface area contributed by atoms with Gasteiger partial charge in [0.2, 0.25) is 0 Å². The van der Waals surface area contributed by atoms with Crippen LogP contribution in [0.15, 0.2) is 29.4 Å². The third-order valence-electron chi connectivity index (χ3n) is 1.40. The molecule has 1 aromatic carbocycles. The first-order valence-corrected chi connectivity index (χ1v) is 3.81. The van der Waals surface area contributed by atoms with Gasteiger partial charge in [-0.2, -0.15) is 5.10 Å². The fourth-order valence-corrected chi connectivity index (χ4v) is 0.758. The molecule has 0 fully saturated rings. The first-order valence-electron chi connectivity index (χ1n) is 3.81. The normalized spacial score (nSPS) is 10.1. The molecule has 0 heterocycles. The largest absolute Gasteiger partial charge is 0.508 e. The highest BCUT2D eigenvalue weighted by Gasteiger charge is 1.91. The SMILES string of the molecule is NNC(=O)N/N=C\c1ccc(O)cc1. The third kappa shape index (κ3) is 3.11. The van der Waals surface area contributed by atoms with Crippen LogP contribution in [0.4, 0.5) is 4.79 Å². The van der Waals surface area contributed by atoms with Crippen molar-refractivity contribution >= 4 is 12.2 Å². The van der Waals surface area contributed by atoms with Crippen molar-refractivity contribution in [2.75, 3.05) is 0 Å². The van der Waals surface area contributed by atoms with E-state index in [2.05, 4.69) is 10.5 Å². The van der Waals surface area contributed by atoms with Crippen LogP contribution in [0.25, 0.3) is 0 Å². The number of hydrogen-bond donors (Lipinski definition) is 4. The summed E-state index contributed by atoms with van der Waals surface area (Å²) in [7, 11) is 0. The average molecular weight is 194 g/mol. The van der Waals surface area contributed by atoms with Crippen molar-refractivity contribution < 1.29 is 9.90 Å². The van der Waals surface area contributed by atoms with E-state index in [0.29, 0.717) is 0 Å². The van der Waals surface area contributed by atoms with Crippen molar-refractivity contribution in [1.29, 1.82) is 0 Å². The minimum Gasteiger partial charge on any atom is -0.508 e. The van der Waals surface area contributed by atoms with Crippen LogP contribution in [0.1, 0.15) is 5.56 Å². The fraction of sp³-hybridized carbons (Fsp3) is 0. The zero-order chi connectivity index (χ0) is 10.4. The number of phenolic OH excluding ortho intramolecular Hbond substituents is 1. The summed E-state index contributed by atoms with van der Waals surface area (Å²) < 4.78 is 0. The molecule has 0 unspecified atom stereocenters. The van der Waals surface area contributed by atoms with Gasteiger partial charge < -0.3 is 5.11 Å². The zero-order valence-corrected chi connectivity index (χ0v) is 7.27. The van der Waals surface area contributed by atoms with Crippen molar-refractivity contribution in [2.24, 2.45) is 10.9 Å². The summed E-state index contributed by atoms with van der Waals surface area (Å²) >= 11 is 0. The second-order valence-electron chi connectivity index (χ2n) is 2.43. The molecule has 74 valence electrons. The number of rotatable bonds is 2. The molecule has 0 saturated heterocycles. The van der Waals surface area contributed by atoms with E-state index in [0.717, 1.165) is 5.56 Å². The highest BCUT2D eigenvalue weighted by atomic mass is 16.3. The average Bonchev–Trinajstić information content (AvgIpc) is 2.21. The molecule has 0 aromatic heterocycles. The molecular weight excluding hydrogens is 184 g/mol. The van der Waals surface area contributed by atoms with Crippen LogP contribution in [0.5, 0.6) is 5.75 Å². The van der Waals surface area contributed by atoms with Crippen molar-refractivity contribution in [3.63, 3.8) is 0 Å². The number of hydrazine groups is 1. The van der Waals surface area contributed by atoms with Gasteiger partial charge in [-0.15, -0.1) is 0 Å². The third-order valence-corrected chi connectivity index (χ3v) is 1.40. The topological polar surface area (TPSA) is 99.7 Å². The van der Waals surface area contributed by atoms with Gasteiger partial charge in [0.05, 0.1) is 6.21 Å². The van der Waals surface area contributed by atoms with Gasteiger partial charge in [0, 0.05) is 0 Å². The molecule has 1 aromatic rings. The van der Waals surface area contributed by atoms with Gasteiger partial charge in [-0.25, -0.2) is 16.1 Å². The molecule has 0 atom stereocenters. The molecule has 0 aliphatic carbocycles. The lowest BCUT2D eigenvalue weighted by Gasteiger charge is -1.96. The Morgan fingerprint density at radius 1 is 1.43 bits per heavy atom. The number of hydrazone groups is 1. The maximum absolute atomic E-state index is 10.6.